The van der Waals surface area contributed by atoms with Crippen molar-refractivity contribution in [2.75, 3.05) is 33.3 Å². The molecule has 9 heteroatoms. The summed E-state index contributed by atoms with van der Waals surface area (Å²) in [6.45, 7) is 4.44. The fourth-order valence-electron chi connectivity index (χ4n) is 4.43. The standard InChI is InChI=1S/C22H29N5O4/c1-15(21(29)31-2)24-22(30)26-10-5-16(6-11-26)17-7-12-27-19(13-17)18(14-23-27)20(28)25-8-3-4-9-25/h7,12-16H,3-6,8-11H2,1-2H3,(H,24,30)/t15-/m0/s1. The smallest absolute Gasteiger partial charge is 0.328 e. The summed E-state index contributed by atoms with van der Waals surface area (Å²) in [5.74, 6) is -0.107. The van der Waals surface area contributed by atoms with Gasteiger partial charge in [-0.25, -0.2) is 14.1 Å². The van der Waals surface area contributed by atoms with Crippen LogP contribution in [0.3, 0.4) is 0 Å². The number of carbonyl (C=O) groups excluding carboxylic acids is 3. The van der Waals surface area contributed by atoms with Gasteiger partial charge in [0.15, 0.2) is 0 Å². The van der Waals surface area contributed by atoms with Gasteiger partial charge in [-0.2, -0.15) is 5.10 Å². The molecule has 0 aromatic carbocycles. The van der Waals surface area contributed by atoms with E-state index in [0.717, 1.165) is 49.9 Å². The molecule has 166 valence electrons. The number of hydrogen-bond donors (Lipinski definition) is 1. The molecule has 31 heavy (non-hydrogen) atoms. The molecule has 2 aliphatic heterocycles. The fraction of sp³-hybridized carbons (Fsp3) is 0.545. The number of esters is 1. The molecule has 4 rings (SSSR count). The van der Waals surface area contributed by atoms with Gasteiger partial charge in [0.1, 0.15) is 6.04 Å². The summed E-state index contributed by atoms with van der Waals surface area (Å²) >= 11 is 0. The minimum Gasteiger partial charge on any atom is -0.467 e. The van der Waals surface area contributed by atoms with Crippen molar-refractivity contribution in [1.29, 1.82) is 0 Å². The Morgan fingerprint density at radius 2 is 1.84 bits per heavy atom. The second-order valence-corrected chi connectivity index (χ2v) is 8.30. The van der Waals surface area contributed by atoms with Crippen LogP contribution in [0, 0.1) is 0 Å². The number of pyridine rings is 1. The summed E-state index contributed by atoms with van der Waals surface area (Å²) in [6.07, 6.45) is 7.32. The summed E-state index contributed by atoms with van der Waals surface area (Å²) in [6, 6.07) is 3.19. The lowest BCUT2D eigenvalue weighted by Gasteiger charge is -2.32. The third-order valence-corrected chi connectivity index (χ3v) is 6.32. The molecule has 0 bridgehead atoms. The highest BCUT2D eigenvalue weighted by atomic mass is 16.5. The molecular weight excluding hydrogens is 398 g/mol. The number of carbonyl (C=O) groups is 3. The fourth-order valence-corrected chi connectivity index (χ4v) is 4.43. The zero-order valence-corrected chi connectivity index (χ0v) is 18.0. The second-order valence-electron chi connectivity index (χ2n) is 8.30. The van der Waals surface area contributed by atoms with Gasteiger partial charge >= 0.3 is 12.0 Å². The van der Waals surface area contributed by atoms with E-state index in [9.17, 15) is 14.4 Å². The molecule has 0 radical (unpaired) electrons. The Morgan fingerprint density at radius 1 is 1.13 bits per heavy atom. The Balaban J connectivity index is 1.42. The summed E-state index contributed by atoms with van der Waals surface area (Å²) in [7, 11) is 1.30. The van der Waals surface area contributed by atoms with Crippen LogP contribution in [-0.2, 0) is 9.53 Å². The SMILES string of the molecule is COC(=O)[C@H](C)NC(=O)N1CCC(c2ccn3ncc(C(=O)N4CCCC4)c3c2)CC1. The van der Waals surface area contributed by atoms with Gasteiger partial charge in [0, 0.05) is 32.4 Å². The highest BCUT2D eigenvalue weighted by molar-refractivity contribution is 6.00. The van der Waals surface area contributed by atoms with Gasteiger partial charge in [0.2, 0.25) is 0 Å². The van der Waals surface area contributed by atoms with Crippen LogP contribution >= 0.6 is 0 Å². The lowest BCUT2D eigenvalue weighted by molar-refractivity contribution is -0.142. The molecule has 1 N–H and O–H groups in total. The van der Waals surface area contributed by atoms with Crippen LogP contribution in [0.15, 0.2) is 24.5 Å². The van der Waals surface area contributed by atoms with Gasteiger partial charge in [-0.3, -0.25) is 4.79 Å². The maximum atomic E-state index is 12.9. The van der Waals surface area contributed by atoms with Gasteiger partial charge in [0.25, 0.3) is 5.91 Å². The third-order valence-electron chi connectivity index (χ3n) is 6.32. The van der Waals surface area contributed by atoms with Crippen molar-refractivity contribution in [2.24, 2.45) is 0 Å². The first kappa shape index (κ1) is 21.1. The number of nitrogens with zero attached hydrogens (tertiary/aromatic N) is 4. The molecule has 0 unspecified atom stereocenters. The number of methoxy groups -OCH3 is 1. The number of amides is 3. The Kier molecular flexibility index (Phi) is 6.11. The van der Waals surface area contributed by atoms with E-state index >= 15 is 0 Å². The monoisotopic (exact) mass is 427 g/mol. The molecule has 1 atom stereocenters. The van der Waals surface area contributed by atoms with Crippen LogP contribution in [-0.4, -0.2) is 76.7 Å². The number of aromatic nitrogens is 2. The number of hydrogen-bond acceptors (Lipinski definition) is 5. The minimum atomic E-state index is -0.675. The Hall–Kier alpha value is -3.10. The molecule has 0 spiro atoms. The first-order valence-electron chi connectivity index (χ1n) is 10.9. The third kappa shape index (κ3) is 4.35. The van der Waals surface area contributed by atoms with E-state index < -0.39 is 12.0 Å². The van der Waals surface area contributed by atoms with E-state index in [1.54, 1.807) is 22.5 Å². The zero-order chi connectivity index (χ0) is 22.0. The van der Waals surface area contributed by atoms with Crippen LogP contribution in [0.2, 0.25) is 0 Å². The highest BCUT2D eigenvalue weighted by Gasteiger charge is 2.27. The van der Waals surface area contributed by atoms with Crippen molar-refractivity contribution in [3.63, 3.8) is 0 Å². The Labute approximate surface area is 181 Å². The van der Waals surface area contributed by atoms with Gasteiger partial charge < -0.3 is 19.9 Å². The molecule has 2 saturated heterocycles. The number of piperidine rings is 1. The van der Waals surface area contributed by atoms with Crippen LogP contribution in [0.4, 0.5) is 4.79 Å². The van der Waals surface area contributed by atoms with Crippen LogP contribution in [0.1, 0.15) is 54.4 Å². The van der Waals surface area contributed by atoms with Crippen LogP contribution in [0.5, 0.6) is 0 Å². The second kappa shape index (κ2) is 8.95. The highest BCUT2D eigenvalue weighted by Crippen LogP contribution is 2.29. The molecule has 2 aromatic rings. The zero-order valence-electron chi connectivity index (χ0n) is 18.0. The van der Waals surface area contributed by atoms with Crippen molar-refractivity contribution in [1.82, 2.24) is 24.7 Å². The molecular formula is C22H29N5O4. The van der Waals surface area contributed by atoms with E-state index in [0.29, 0.717) is 24.6 Å². The number of ether oxygens (including phenoxy) is 1. The summed E-state index contributed by atoms with van der Waals surface area (Å²) < 4.78 is 6.41. The van der Waals surface area contributed by atoms with Crippen molar-refractivity contribution in [2.45, 2.75) is 44.6 Å². The Bertz CT molecular complexity index is 973. The molecule has 0 saturated carbocycles. The van der Waals surface area contributed by atoms with E-state index in [2.05, 4.69) is 21.2 Å². The number of fused-ring (bicyclic) bond motifs is 1. The number of rotatable bonds is 4. The average molecular weight is 428 g/mol. The predicted octanol–water partition coefficient (Wildman–Crippen LogP) is 2.02. The van der Waals surface area contributed by atoms with Gasteiger partial charge in [0.05, 0.1) is 24.4 Å². The number of likely N-dealkylation sites (tertiary alicyclic amines) is 2. The van der Waals surface area contributed by atoms with Crippen molar-refractivity contribution in [3.8, 4) is 0 Å². The predicted molar refractivity (Wildman–Crippen MR) is 114 cm³/mol. The number of nitrogens with one attached hydrogen (secondary N) is 1. The lowest BCUT2D eigenvalue weighted by atomic mass is 9.89. The normalized spacial score (nSPS) is 18.3. The van der Waals surface area contributed by atoms with E-state index in [1.165, 1.54) is 7.11 Å². The van der Waals surface area contributed by atoms with Crippen molar-refractivity contribution < 1.29 is 19.1 Å². The van der Waals surface area contributed by atoms with Crippen LogP contribution in [0.25, 0.3) is 5.52 Å². The molecule has 3 amide bonds. The van der Waals surface area contributed by atoms with E-state index in [1.807, 2.05) is 17.2 Å². The van der Waals surface area contributed by atoms with Gasteiger partial charge in [-0.15, -0.1) is 0 Å². The van der Waals surface area contributed by atoms with Crippen molar-refractivity contribution in [3.05, 3.63) is 35.7 Å². The topological polar surface area (TPSA) is 96.2 Å². The average Bonchev–Trinajstić information content (AvgIpc) is 3.48. The molecule has 0 aliphatic carbocycles. The van der Waals surface area contributed by atoms with Crippen LogP contribution < -0.4 is 5.32 Å². The number of urea groups is 1. The summed E-state index contributed by atoms with van der Waals surface area (Å²) in [5.41, 5.74) is 2.64. The largest absolute Gasteiger partial charge is 0.467 e. The maximum absolute atomic E-state index is 12.9. The molecule has 2 aliphatic rings. The first-order chi connectivity index (χ1) is 15.0. The maximum Gasteiger partial charge on any atom is 0.328 e. The quantitative estimate of drug-likeness (QED) is 0.753. The van der Waals surface area contributed by atoms with Gasteiger partial charge in [-0.1, -0.05) is 0 Å². The Morgan fingerprint density at radius 3 is 2.52 bits per heavy atom. The lowest BCUT2D eigenvalue weighted by Crippen LogP contribution is -2.49. The first-order valence-corrected chi connectivity index (χ1v) is 10.9. The molecule has 9 nitrogen and oxygen atoms in total. The van der Waals surface area contributed by atoms with Crippen molar-refractivity contribution >= 4 is 23.4 Å². The summed E-state index contributed by atoms with van der Waals surface area (Å²) in [4.78, 5) is 40.4. The van der Waals surface area contributed by atoms with E-state index in [-0.39, 0.29) is 11.9 Å². The molecule has 2 aromatic heterocycles. The minimum absolute atomic E-state index is 0.0517. The van der Waals surface area contributed by atoms with E-state index in [4.69, 9.17) is 0 Å². The van der Waals surface area contributed by atoms with Gasteiger partial charge in [-0.05, 0) is 56.2 Å². The molecule has 4 heterocycles. The summed E-state index contributed by atoms with van der Waals surface area (Å²) in [5, 5.41) is 7.03. The molecule has 2 fully saturated rings.